The molecule has 1 aromatic rings. The summed E-state index contributed by atoms with van der Waals surface area (Å²) in [5.41, 5.74) is 0.504. The Hall–Kier alpha value is -1.82. The number of amides is 1. The van der Waals surface area contributed by atoms with Crippen molar-refractivity contribution in [3.8, 4) is 12.1 Å². The number of carbonyl (C=O) groups excluding carboxylic acids is 1. The van der Waals surface area contributed by atoms with E-state index in [0.29, 0.717) is 15.8 Å². The Balaban J connectivity index is 1.86. The molecule has 0 N–H and O–H groups in total. The first kappa shape index (κ1) is 17.0. The number of hydrogen-bond donors (Lipinski definition) is 0. The van der Waals surface area contributed by atoms with Crippen LogP contribution in [0.25, 0.3) is 0 Å². The summed E-state index contributed by atoms with van der Waals surface area (Å²) in [6.07, 6.45) is 3.41. The van der Waals surface area contributed by atoms with Crippen molar-refractivity contribution in [3.63, 3.8) is 0 Å². The number of rotatable bonds is 2. The molecule has 1 amide bonds. The van der Waals surface area contributed by atoms with Crippen molar-refractivity contribution in [1.29, 1.82) is 10.5 Å². The van der Waals surface area contributed by atoms with E-state index in [1.165, 1.54) is 11.8 Å². The zero-order valence-corrected chi connectivity index (χ0v) is 14.6. The van der Waals surface area contributed by atoms with Gasteiger partial charge in [-0.3, -0.25) is 4.79 Å². The van der Waals surface area contributed by atoms with E-state index in [1.807, 2.05) is 24.3 Å². The van der Waals surface area contributed by atoms with Crippen molar-refractivity contribution in [2.24, 2.45) is 22.2 Å². The van der Waals surface area contributed by atoms with Crippen molar-refractivity contribution in [2.75, 3.05) is 0 Å². The molecule has 1 aliphatic carbocycles. The lowest BCUT2D eigenvalue weighted by Gasteiger charge is -2.39. The van der Waals surface area contributed by atoms with Crippen LogP contribution in [0.15, 0.2) is 29.3 Å². The highest BCUT2D eigenvalue weighted by Crippen LogP contribution is 2.53. The molecule has 1 aliphatic heterocycles. The lowest BCUT2D eigenvalue weighted by Crippen LogP contribution is -2.45. The molecule has 1 heterocycles. The summed E-state index contributed by atoms with van der Waals surface area (Å²) in [6, 6.07) is 11.9. The second-order valence-electron chi connectivity index (χ2n) is 6.27. The van der Waals surface area contributed by atoms with Crippen LogP contribution < -0.4 is 0 Å². The van der Waals surface area contributed by atoms with Gasteiger partial charge in [0.2, 0.25) is 0 Å². The second-order valence-corrected chi connectivity index (χ2v) is 7.70. The first-order chi connectivity index (χ1) is 11.6. The first-order valence-corrected chi connectivity index (χ1v) is 9.26. The molecule has 1 saturated carbocycles. The molecule has 0 aromatic heterocycles. The molecule has 1 fully saturated rings. The van der Waals surface area contributed by atoms with Crippen LogP contribution in [0, 0.1) is 39.9 Å². The van der Waals surface area contributed by atoms with Crippen LogP contribution in [0.3, 0.4) is 0 Å². The van der Waals surface area contributed by atoms with Gasteiger partial charge in [-0.05, 0) is 30.5 Å². The standard InChI is InChI=1S/C18H16ClN3OS/c19-13-5-3-12(4-6-13)11-24-17-15(10-21)18(7-1-2-8-18)14(9-20)16(23)22-17/h3-6,14-15H,1-2,7-8,11H2. The SMILES string of the molecule is N#CC1C(=O)N=C(SCc2ccc(Cl)cc2)C(C#N)C12CCCC2. The Kier molecular flexibility index (Phi) is 4.94. The monoisotopic (exact) mass is 357 g/mol. The lowest BCUT2D eigenvalue weighted by atomic mass is 9.64. The molecule has 3 rings (SSSR count). The van der Waals surface area contributed by atoms with Gasteiger partial charge in [0.05, 0.1) is 17.2 Å². The van der Waals surface area contributed by atoms with E-state index < -0.39 is 17.3 Å². The number of carbonyl (C=O) groups is 1. The molecule has 0 saturated heterocycles. The second kappa shape index (κ2) is 6.97. The van der Waals surface area contributed by atoms with Gasteiger partial charge in [0.25, 0.3) is 5.91 Å². The molecule has 4 nitrogen and oxygen atoms in total. The Labute approximate surface area is 150 Å². The summed E-state index contributed by atoms with van der Waals surface area (Å²) in [4.78, 5) is 16.5. The maximum absolute atomic E-state index is 12.4. The molecular formula is C18H16ClN3OS. The number of thioether (sulfide) groups is 1. The van der Waals surface area contributed by atoms with Crippen molar-refractivity contribution in [1.82, 2.24) is 0 Å². The normalized spacial score (nSPS) is 25.1. The van der Waals surface area contributed by atoms with Crippen LogP contribution in [-0.4, -0.2) is 11.0 Å². The third-order valence-corrected chi connectivity index (χ3v) is 6.31. The van der Waals surface area contributed by atoms with Gasteiger partial charge in [-0.1, -0.05) is 36.6 Å². The number of benzene rings is 1. The van der Waals surface area contributed by atoms with E-state index in [2.05, 4.69) is 17.1 Å². The predicted octanol–water partition coefficient (Wildman–Crippen LogP) is 4.35. The van der Waals surface area contributed by atoms with E-state index in [1.54, 1.807) is 0 Å². The minimum absolute atomic E-state index is 0.385. The molecule has 24 heavy (non-hydrogen) atoms. The van der Waals surface area contributed by atoms with Gasteiger partial charge in [-0.15, -0.1) is 11.8 Å². The molecule has 122 valence electrons. The molecule has 1 aromatic carbocycles. The maximum atomic E-state index is 12.4. The number of nitrogens with zero attached hydrogens (tertiary/aromatic N) is 3. The van der Waals surface area contributed by atoms with Gasteiger partial charge in [0.1, 0.15) is 11.8 Å². The average Bonchev–Trinajstić information content (AvgIpc) is 3.04. The predicted molar refractivity (Wildman–Crippen MR) is 94.3 cm³/mol. The third kappa shape index (κ3) is 2.95. The van der Waals surface area contributed by atoms with E-state index in [4.69, 9.17) is 11.6 Å². The molecule has 0 radical (unpaired) electrons. The van der Waals surface area contributed by atoms with Gasteiger partial charge in [0, 0.05) is 16.2 Å². The van der Waals surface area contributed by atoms with Crippen LogP contribution in [0.2, 0.25) is 5.02 Å². The van der Waals surface area contributed by atoms with E-state index in [9.17, 15) is 15.3 Å². The van der Waals surface area contributed by atoms with Gasteiger partial charge in [0.15, 0.2) is 0 Å². The average molecular weight is 358 g/mol. The third-order valence-electron chi connectivity index (χ3n) is 4.96. The fourth-order valence-electron chi connectivity index (χ4n) is 3.73. The number of hydrogen-bond acceptors (Lipinski definition) is 4. The summed E-state index contributed by atoms with van der Waals surface area (Å²) in [7, 11) is 0. The first-order valence-electron chi connectivity index (χ1n) is 7.89. The highest BCUT2D eigenvalue weighted by Gasteiger charge is 2.55. The topological polar surface area (TPSA) is 77.0 Å². The van der Waals surface area contributed by atoms with E-state index in [0.717, 1.165) is 31.2 Å². The fourth-order valence-corrected chi connectivity index (χ4v) is 4.97. The van der Waals surface area contributed by atoms with Gasteiger partial charge < -0.3 is 0 Å². The summed E-state index contributed by atoms with van der Waals surface area (Å²) in [5, 5.41) is 20.4. The minimum Gasteiger partial charge on any atom is -0.271 e. The van der Waals surface area contributed by atoms with Crippen LogP contribution >= 0.6 is 23.4 Å². The van der Waals surface area contributed by atoms with Crippen LogP contribution in [-0.2, 0) is 10.5 Å². The Morgan fingerprint density at radius 1 is 1.17 bits per heavy atom. The highest BCUT2D eigenvalue weighted by molar-refractivity contribution is 8.13. The van der Waals surface area contributed by atoms with Crippen molar-refractivity contribution in [2.45, 2.75) is 31.4 Å². The molecule has 2 aliphatic rings. The Morgan fingerprint density at radius 2 is 1.79 bits per heavy atom. The zero-order chi connectivity index (χ0) is 17.2. The van der Waals surface area contributed by atoms with Crippen LogP contribution in [0.1, 0.15) is 31.2 Å². The number of halogens is 1. The maximum Gasteiger partial charge on any atom is 0.264 e. The molecule has 6 heteroatoms. The van der Waals surface area contributed by atoms with Gasteiger partial charge in [-0.2, -0.15) is 10.5 Å². The quantitative estimate of drug-likeness (QED) is 0.788. The Bertz CT molecular complexity index is 754. The minimum atomic E-state index is -0.787. The summed E-state index contributed by atoms with van der Waals surface area (Å²) in [5.74, 6) is -1.02. The summed E-state index contributed by atoms with van der Waals surface area (Å²) < 4.78 is 0. The smallest absolute Gasteiger partial charge is 0.264 e. The molecule has 0 bridgehead atoms. The fraction of sp³-hybridized carbons (Fsp3) is 0.444. The van der Waals surface area contributed by atoms with Gasteiger partial charge in [-0.25, -0.2) is 4.99 Å². The van der Waals surface area contributed by atoms with Crippen LogP contribution in [0.5, 0.6) is 0 Å². The number of aliphatic imine (C=N–C) groups is 1. The summed E-state index contributed by atoms with van der Waals surface area (Å²) >= 11 is 7.31. The van der Waals surface area contributed by atoms with E-state index in [-0.39, 0.29) is 5.91 Å². The zero-order valence-electron chi connectivity index (χ0n) is 13.0. The van der Waals surface area contributed by atoms with Crippen LogP contribution in [0.4, 0.5) is 0 Å². The lowest BCUT2D eigenvalue weighted by molar-refractivity contribution is -0.124. The van der Waals surface area contributed by atoms with Crippen molar-refractivity contribution >= 4 is 34.3 Å². The van der Waals surface area contributed by atoms with Crippen molar-refractivity contribution < 1.29 is 4.79 Å². The largest absolute Gasteiger partial charge is 0.271 e. The molecule has 1 spiro atoms. The van der Waals surface area contributed by atoms with E-state index >= 15 is 0 Å². The summed E-state index contributed by atoms with van der Waals surface area (Å²) in [6.45, 7) is 0. The van der Waals surface area contributed by atoms with Gasteiger partial charge >= 0.3 is 0 Å². The van der Waals surface area contributed by atoms with Crippen molar-refractivity contribution in [3.05, 3.63) is 34.9 Å². The Morgan fingerprint density at radius 3 is 2.38 bits per heavy atom. The molecule has 2 unspecified atom stereocenters. The highest BCUT2D eigenvalue weighted by atomic mass is 35.5. The number of nitriles is 2. The molecule has 2 atom stereocenters. The molecular weight excluding hydrogens is 342 g/mol.